The lowest BCUT2D eigenvalue weighted by molar-refractivity contribution is 0.251. The van der Waals surface area contributed by atoms with Crippen LogP contribution in [0.3, 0.4) is 0 Å². The minimum atomic E-state index is -0.309. The third-order valence-corrected chi connectivity index (χ3v) is 5.66. The Morgan fingerprint density at radius 1 is 1.35 bits per heavy atom. The second kappa shape index (κ2) is 9.07. The lowest BCUT2D eigenvalue weighted by Gasteiger charge is -2.05. The number of hydrogen-bond acceptors (Lipinski definition) is 6. The van der Waals surface area contributed by atoms with Crippen LogP contribution in [0.5, 0.6) is 0 Å². The molecule has 0 fully saturated rings. The van der Waals surface area contributed by atoms with Gasteiger partial charge >= 0.3 is 6.03 Å². The molecule has 1 aromatic carbocycles. The molecule has 3 rings (SSSR count). The molecule has 0 aliphatic carbocycles. The Morgan fingerprint density at radius 3 is 3.00 bits per heavy atom. The SMILES string of the molecule is CCc1cnc(CSc2cnc(NC(=O)NCc3cccc(Cl)c3)s2)o1. The van der Waals surface area contributed by atoms with E-state index in [0.717, 1.165) is 22.0 Å². The van der Waals surface area contributed by atoms with E-state index >= 15 is 0 Å². The Morgan fingerprint density at radius 2 is 2.23 bits per heavy atom. The Balaban J connectivity index is 1.45. The lowest BCUT2D eigenvalue weighted by atomic mass is 10.2. The van der Waals surface area contributed by atoms with E-state index in [-0.39, 0.29) is 6.03 Å². The topological polar surface area (TPSA) is 80.0 Å². The van der Waals surface area contributed by atoms with Crippen molar-refractivity contribution < 1.29 is 9.21 Å². The first kappa shape index (κ1) is 18.8. The van der Waals surface area contributed by atoms with Gasteiger partial charge in [-0.05, 0) is 17.7 Å². The minimum absolute atomic E-state index is 0.309. The fraction of sp³-hybridized carbons (Fsp3) is 0.235. The average molecular weight is 409 g/mol. The maximum absolute atomic E-state index is 12.0. The summed E-state index contributed by atoms with van der Waals surface area (Å²) < 4.78 is 6.55. The number of carbonyl (C=O) groups excluding carboxylic acids is 1. The molecule has 2 heterocycles. The van der Waals surface area contributed by atoms with Gasteiger partial charge in [-0.2, -0.15) is 0 Å². The molecule has 2 aromatic heterocycles. The molecule has 0 aliphatic heterocycles. The van der Waals surface area contributed by atoms with Gasteiger partial charge in [0.05, 0.1) is 22.4 Å². The van der Waals surface area contributed by atoms with Gasteiger partial charge in [0.15, 0.2) is 5.13 Å². The van der Waals surface area contributed by atoms with Gasteiger partial charge in [-0.15, -0.1) is 11.8 Å². The van der Waals surface area contributed by atoms with Crippen molar-refractivity contribution in [3.8, 4) is 0 Å². The van der Waals surface area contributed by atoms with E-state index in [4.69, 9.17) is 16.0 Å². The third kappa shape index (κ3) is 5.48. The number of benzene rings is 1. The number of aromatic nitrogens is 2. The van der Waals surface area contributed by atoms with Crippen LogP contribution in [0, 0.1) is 0 Å². The second-order valence-electron chi connectivity index (χ2n) is 5.28. The molecule has 0 radical (unpaired) electrons. The summed E-state index contributed by atoms with van der Waals surface area (Å²) in [7, 11) is 0. The summed E-state index contributed by atoms with van der Waals surface area (Å²) in [5.41, 5.74) is 0.931. The molecule has 6 nitrogen and oxygen atoms in total. The van der Waals surface area contributed by atoms with Gasteiger partial charge in [-0.3, -0.25) is 5.32 Å². The number of rotatable bonds is 7. The Kier molecular flexibility index (Phi) is 6.54. The molecule has 2 N–H and O–H groups in total. The predicted molar refractivity (Wildman–Crippen MR) is 105 cm³/mol. The number of nitrogens with zero attached hydrogens (tertiary/aromatic N) is 2. The van der Waals surface area contributed by atoms with Crippen molar-refractivity contribution in [2.24, 2.45) is 0 Å². The molecule has 9 heteroatoms. The first-order chi connectivity index (χ1) is 12.6. The summed E-state index contributed by atoms with van der Waals surface area (Å²) in [5.74, 6) is 2.19. The summed E-state index contributed by atoms with van der Waals surface area (Å²) >= 11 is 8.90. The largest absolute Gasteiger partial charge is 0.445 e. The maximum Gasteiger partial charge on any atom is 0.321 e. The van der Waals surface area contributed by atoms with Crippen molar-refractivity contribution in [3.63, 3.8) is 0 Å². The van der Waals surface area contributed by atoms with Gasteiger partial charge < -0.3 is 9.73 Å². The molecular formula is C17H17ClN4O2S2. The van der Waals surface area contributed by atoms with Crippen LogP contribution in [0.15, 0.2) is 45.3 Å². The van der Waals surface area contributed by atoms with Gasteiger partial charge in [-0.25, -0.2) is 14.8 Å². The van der Waals surface area contributed by atoms with Crippen molar-refractivity contribution in [1.29, 1.82) is 0 Å². The molecular weight excluding hydrogens is 392 g/mol. The normalized spacial score (nSPS) is 10.7. The second-order valence-corrected chi connectivity index (χ2v) is 8.03. The smallest absolute Gasteiger partial charge is 0.321 e. The standard InChI is InChI=1S/C17H17ClN4O2S2/c1-2-13-8-19-14(24-13)10-25-15-9-21-17(26-15)22-16(23)20-7-11-4-3-5-12(18)6-11/h3-6,8-9H,2,7,10H2,1H3,(H2,20,21,22,23). The number of oxazole rings is 1. The third-order valence-electron chi connectivity index (χ3n) is 3.33. The van der Waals surface area contributed by atoms with Crippen LogP contribution in [-0.4, -0.2) is 16.0 Å². The van der Waals surface area contributed by atoms with Crippen molar-refractivity contribution in [1.82, 2.24) is 15.3 Å². The van der Waals surface area contributed by atoms with E-state index < -0.39 is 0 Å². The quantitative estimate of drug-likeness (QED) is 0.540. The summed E-state index contributed by atoms with van der Waals surface area (Å²) in [5, 5.41) is 6.69. The van der Waals surface area contributed by atoms with E-state index in [1.807, 2.05) is 25.1 Å². The number of nitrogens with one attached hydrogen (secondary N) is 2. The summed E-state index contributed by atoms with van der Waals surface area (Å²) in [6.45, 7) is 2.42. The molecule has 0 unspecified atom stereocenters. The fourth-order valence-electron chi connectivity index (χ4n) is 2.07. The number of halogens is 1. The molecule has 0 saturated carbocycles. The highest BCUT2D eigenvalue weighted by atomic mass is 35.5. The molecule has 2 amide bonds. The average Bonchev–Trinajstić information content (AvgIpc) is 3.27. The number of hydrogen-bond donors (Lipinski definition) is 2. The van der Waals surface area contributed by atoms with E-state index in [1.165, 1.54) is 11.3 Å². The first-order valence-corrected chi connectivity index (χ1v) is 10.1. The first-order valence-electron chi connectivity index (χ1n) is 7.94. The molecule has 3 aromatic rings. The van der Waals surface area contributed by atoms with Crippen LogP contribution >= 0.6 is 34.7 Å². The molecule has 0 aliphatic rings. The van der Waals surface area contributed by atoms with E-state index in [0.29, 0.717) is 28.3 Å². The summed E-state index contributed by atoms with van der Waals surface area (Å²) in [4.78, 5) is 20.4. The van der Waals surface area contributed by atoms with Crippen LogP contribution in [0.1, 0.15) is 24.1 Å². The zero-order valence-corrected chi connectivity index (χ0v) is 16.4. The highest BCUT2D eigenvalue weighted by Gasteiger charge is 2.09. The van der Waals surface area contributed by atoms with Crippen molar-refractivity contribution in [2.75, 3.05) is 5.32 Å². The Bertz CT molecular complexity index is 881. The minimum Gasteiger partial charge on any atom is -0.445 e. The fourth-order valence-corrected chi connectivity index (χ4v) is 4.00. The lowest BCUT2D eigenvalue weighted by Crippen LogP contribution is -2.28. The molecule has 0 atom stereocenters. The number of carbonyl (C=O) groups is 1. The van der Waals surface area contributed by atoms with Gasteiger partial charge in [-0.1, -0.05) is 42.0 Å². The monoisotopic (exact) mass is 408 g/mol. The predicted octanol–water partition coefficient (Wildman–Crippen LogP) is 4.96. The van der Waals surface area contributed by atoms with E-state index in [2.05, 4.69) is 20.6 Å². The zero-order chi connectivity index (χ0) is 18.4. The number of aryl methyl sites for hydroxylation is 1. The van der Waals surface area contributed by atoms with Crippen LogP contribution in [0.4, 0.5) is 9.93 Å². The van der Waals surface area contributed by atoms with Crippen LogP contribution < -0.4 is 10.6 Å². The van der Waals surface area contributed by atoms with Crippen molar-refractivity contribution >= 4 is 45.9 Å². The van der Waals surface area contributed by atoms with Crippen LogP contribution in [-0.2, 0) is 18.7 Å². The molecule has 0 bridgehead atoms. The van der Waals surface area contributed by atoms with Gasteiger partial charge in [0.2, 0.25) is 5.89 Å². The Labute approximate surface area is 164 Å². The maximum atomic E-state index is 12.0. The number of urea groups is 1. The number of amides is 2. The highest BCUT2D eigenvalue weighted by molar-refractivity contribution is 8.00. The molecule has 26 heavy (non-hydrogen) atoms. The zero-order valence-electron chi connectivity index (χ0n) is 14.0. The van der Waals surface area contributed by atoms with Crippen LogP contribution in [0.25, 0.3) is 0 Å². The number of thioether (sulfide) groups is 1. The van der Waals surface area contributed by atoms with Gasteiger partial charge in [0.25, 0.3) is 0 Å². The summed E-state index contributed by atoms with van der Waals surface area (Å²) in [6, 6.07) is 7.04. The number of anilines is 1. The van der Waals surface area contributed by atoms with E-state index in [9.17, 15) is 4.79 Å². The molecule has 136 valence electrons. The van der Waals surface area contributed by atoms with Crippen molar-refractivity contribution in [2.45, 2.75) is 29.9 Å². The van der Waals surface area contributed by atoms with Crippen molar-refractivity contribution in [3.05, 3.63) is 58.9 Å². The number of thiazole rings is 1. The van der Waals surface area contributed by atoms with Gasteiger partial charge in [0, 0.05) is 18.0 Å². The highest BCUT2D eigenvalue weighted by Crippen LogP contribution is 2.30. The summed E-state index contributed by atoms with van der Waals surface area (Å²) in [6.07, 6.45) is 4.31. The Hall–Kier alpha value is -2.03. The van der Waals surface area contributed by atoms with E-state index in [1.54, 1.807) is 30.2 Å². The van der Waals surface area contributed by atoms with Gasteiger partial charge in [0.1, 0.15) is 5.76 Å². The molecule has 0 spiro atoms. The van der Waals surface area contributed by atoms with Crippen LogP contribution in [0.2, 0.25) is 5.02 Å². The molecule has 0 saturated heterocycles.